The molecule has 2 atom stereocenters. The summed E-state index contributed by atoms with van der Waals surface area (Å²) in [6, 6.07) is 18.2. The Hall–Kier alpha value is -2.66. The highest BCUT2D eigenvalue weighted by atomic mass is 32.2. The van der Waals surface area contributed by atoms with E-state index in [1.165, 1.54) is 7.11 Å². The van der Waals surface area contributed by atoms with Gasteiger partial charge in [0.15, 0.2) is 5.78 Å². The van der Waals surface area contributed by atoms with E-state index in [-0.39, 0.29) is 17.7 Å². The number of carbonyl (C=O) groups is 2. The first-order valence-corrected chi connectivity index (χ1v) is 9.85. The maximum Gasteiger partial charge on any atom is 0.315 e. The molecule has 5 heteroatoms. The Kier molecular flexibility index (Phi) is 4.94. The lowest BCUT2D eigenvalue weighted by Crippen LogP contribution is -2.32. The van der Waals surface area contributed by atoms with Crippen LogP contribution in [-0.2, 0) is 14.3 Å². The lowest BCUT2D eigenvalue weighted by Gasteiger charge is -2.31. The summed E-state index contributed by atoms with van der Waals surface area (Å²) in [5, 5.41) is 0.739. The summed E-state index contributed by atoms with van der Waals surface area (Å²) in [7, 11) is 1.37. The first-order chi connectivity index (χ1) is 13.2. The lowest BCUT2D eigenvalue weighted by molar-refractivity contribution is -0.143. The predicted molar refractivity (Wildman–Crippen MR) is 108 cm³/mol. The fourth-order valence-electron chi connectivity index (χ4n) is 3.62. The second-order valence-corrected chi connectivity index (χ2v) is 7.62. The van der Waals surface area contributed by atoms with Crippen molar-refractivity contribution in [1.29, 1.82) is 0 Å². The largest absolute Gasteiger partial charge is 0.468 e. The number of ether oxygens (including phenoxy) is 1. The second-order valence-electron chi connectivity index (χ2n) is 6.53. The number of allylic oxidation sites excluding steroid dienone is 1. The summed E-state index contributed by atoms with van der Waals surface area (Å²) in [5.41, 5.74) is 3.80. The van der Waals surface area contributed by atoms with E-state index in [1.807, 2.05) is 42.5 Å². The molecule has 2 heterocycles. The fourth-order valence-corrected chi connectivity index (χ4v) is 4.63. The molecule has 4 nitrogen and oxygen atoms in total. The predicted octanol–water partition coefficient (Wildman–Crippen LogP) is 4.23. The van der Waals surface area contributed by atoms with E-state index in [0.717, 1.165) is 27.5 Å². The second kappa shape index (κ2) is 7.53. The summed E-state index contributed by atoms with van der Waals surface area (Å²) >= 11 is 1.58. The Morgan fingerprint density at radius 1 is 1.07 bits per heavy atom. The maximum atomic E-state index is 12.7. The van der Waals surface area contributed by atoms with E-state index in [9.17, 15) is 9.59 Å². The van der Waals surface area contributed by atoms with Gasteiger partial charge < -0.3 is 4.74 Å². The average Bonchev–Trinajstić information content (AvgIpc) is 2.73. The molecule has 2 aromatic carbocycles. The van der Waals surface area contributed by atoms with Gasteiger partial charge in [-0.15, -0.1) is 11.8 Å². The number of rotatable bonds is 3. The standard InChI is InChI=1S/C22H19NO3S/c1-26-22(25)17-13-23-21-20(18(24)11-12-27-21)19(17)16-9-7-15(8-10-16)14-5-3-2-4-6-14/h2-10,13,17,19H,11-12H2,1H3/t17?,19-/m1/s1. The van der Waals surface area contributed by atoms with Gasteiger partial charge in [-0.1, -0.05) is 54.6 Å². The Balaban J connectivity index is 1.76. The first-order valence-electron chi connectivity index (χ1n) is 8.86. The molecule has 0 fully saturated rings. The molecule has 0 bridgehead atoms. The van der Waals surface area contributed by atoms with Gasteiger partial charge in [-0.25, -0.2) is 0 Å². The molecular weight excluding hydrogens is 358 g/mol. The average molecular weight is 377 g/mol. The van der Waals surface area contributed by atoms with Crippen molar-refractivity contribution < 1.29 is 14.3 Å². The zero-order chi connectivity index (χ0) is 18.8. The summed E-state index contributed by atoms with van der Waals surface area (Å²) < 4.78 is 4.98. The molecular formula is C22H19NO3S. The van der Waals surface area contributed by atoms with E-state index in [4.69, 9.17) is 4.74 Å². The molecule has 2 aromatic rings. The van der Waals surface area contributed by atoms with Crippen molar-refractivity contribution in [3.05, 3.63) is 70.8 Å². The Bertz CT molecular complexity index is 932. The zero-order valence-electron chi connectivity index (χ0n) is 14.9. The van der Waals surface area contributed by atoms with Gasteiger partial charge >= 0.3 is 5.97 Å². The zero-order valence-corrected chi connectivity index (χ0v) is 15.7. The number of Topliss-reactive ketones (excluding diaryl/α,β-unsaturated/α-hetero) is 1. The Morgan fingerprint density at radius 3 is 2.48 bits per heavy atom. The van der Waals surface area contributed by atoms with Gasteiger partial charge in [0.2, 0.25) is 0 Å². The molecule has 1 unspecified atom stereocenters. The molecule has 0 aromatic heterocycles. The lowest BCUT2D eigenvalue weighted by atomic mass is 9.77. The van der Waals surface area contributed by atoms with E-state index in [2.05, 4.69) is 17.1 Å². The van der Waals surface area contributed by atoms with Gasteiger partial charge in [0.05, 0.1) is 7.11 Å². The van der Waals surface area contributed by atoms with Crippen molar-refractivity contribution in [3.8, 4) is 11.1 Å². The van der Waals surface area contributed by atoms with Gasteiger partial charge in [-0.2, -0.15) is 0 Å². The van der Waals surface area contributed by atoms with Crippen LogP contribution < -0.4 is 0 Å². The Labute approximate surface area is 162 Å². The highest BCUT2D eigenvalue weighted by molar-refractivity contribution is 8.03. The SMILES string of the molecule is COC(=O)C1C=NC2=C(C(=O)CCS2)[C@@H]1c1ccc(-c2ccccc2)cc1. The third-order valence-electron chi connectivity index (χ3n) is 4.97. The normalized spacial score (nSPS) is 21.7. The van der Waals surface area contributed by atoms with Crippen molar-refractivity contribution in [1.82, 2.24) is 0 Å². The van der Waals surface area contributed by atoms with E-state index >= 15 is 0 Å². The van der Waals surface area contributed by atoms with Crippen LogP contribution in [0, 0.1) is 5.92 Å². The van der Waals surface area contributed by atoms with Crippen LogP contribution in [0.1, 0.15) is 17.9 Å². The third kappa shape index (κ3) is 3.35. The summed E-state index contributed by atoms with van der Waals surface area (Å²) in [5.74, 6) is -0.496. The molecule has 0 aliphatic carbocycles. The first kappa shape index (κ1) is 17.7. The molecule has 136 valence electrons. The number of aliphatic imine (C=N–C) groups is 1. The molecule has 0 N–H and O–H groups in total. The van der Waals surface area contributed by atoms with Crippen molar-refractivity contribution in [2.24, 2.45) is 10.9 Å². The number of carbonyl (C=O) groups excluding carboxylic acids is 2. The number of benzene rings is 2. The summed E-state index contributed by atoms with van der Waals surface area (Å²) in [6.07, 6.45) is 2.11. The van der Waals surface area contributed by atoms with E-state index < -0.39 is 5.92 Å². The van der Waals surface area contributed by atoms with Crippen molar-refractivity contribution in [3.63, 3.8) is 0 Å². The number of ketones is 1. The van der Waals surface area contributed by atoms with Gasteiger partial charge in [0.1, 0.15) is 10.9 Å². The fraction of sp³-hybridized carbons (Fsp3) is 0.227. The van der Waals surface area contributed by atoms with Crippen molar-refractivity contribution in [2.45, 2.75) is 12.3 Å². The summed E-state index contributed by atoms with van der Waals surface area (Å²) in [6.45, 7) is 0. The molecule has 27 heavy (non-hydrogen) atoms. The van der Waals surface area contributed by atoms with Crippen molar-refractivity contribution >= 4 is 29.7 Å². The van der Waals surface area contributed by atoms with Crippen LogP contribution in [0.4, 0.5) is 0 Å². The van der Waals surface area contributed by atoms with Gasteiger partial charge in [-0.3, -0.25) is 14.6 Å². The minimum Gasteiger partial charge on any atom is -0.468 e. The highest BCUT2D eigenvalue weighted by Gasteiger charge is 2.40. The molecule has 0 spiro atoms. The molecule has 4 rings (SSSR count). The minimum absolute atomic E-state index is 0.0756. The molecule has 0 amide bonds. The molecule has 0 saturated heterocycles. The maximum absolute atomic E-state index is 12.7. The van der Waals surface area contributed by atoms with E-state index in [0.29, 0.717) is 12.0 Å². The monoisotopic (exact) mass is 377 g/mol. The number of hydrogen-bond acceptors (Lipinski definition) is 5. The third-order valence-corrected chi connectivity index (χ3v) is 5.98. The van der Waals surface area contributed by atoms with Gasteiger partial charge in [-0.05, 0) is 16.7 Å². The number of esters is 1. The topological polar surface area (TPSA) is 55.7 Å². The summed E-state index contributed by atoms with van der Waals surface area (Å²) in [4.78, 5) is 29.4. The van der Waals surface area contributed by atoms with Crippen LogP contribution >= 0.6 is 11.8 Å². The Morgan fingerprint density at radius 2 is 1.78 bits per heavy atom. The number of hydrogen-bond donors (Lipinski definition) is 0. The number of thioether (sulfide) groups is 1. The minimum atomic E-state index is -0.584. The quantitative estimate of drug-likeness (QED) is 0.751. The van der Waals surface area contributed by atoms with Crippen LogP contribution in [0.15, 0.2) is 70.2 Å². The van der Waals surface area contributed by atoms with Crippen LogP contribution in [0.25, 0.3) is 11.1 Å². The van der Waals surface area contributed by atoms with Crippen LogP contribution in [-0.4, -0.2) is 30.8 Å². The van der Waals surface area contributed by atoms with E-state index in [1.54, 1.807) is 18.0 Å². The van der Waals surface area contributed by atoms with Crippen LogP contribution in [0.5, 0.6) is 0 Å². The van der Waals surface area contributed by atoms with Gasteiger partial charge in [0.25, 0.3) is 0 Å². The highest BCUT2D eigenvalue weighted by Crippen LogP contribution is 2.44. The molecule has 2 aliphatic heterocycles. The molecule has 0 saturated carbocycles. The smallest absolute Gasteiger partial charge is 0.315 e. The molecule has 2 aliphatic rings. The van der Waals surface area contributed by atoms with Crippen molar-refractivity contribution in [2.75, 3.05) is 12.9 Å². The van der Waals surface area contributed by atoms with Crippen LogP contribution in [0.2, 0.25) is 0 Å². The number of nitrogens with zero attached hydrogens (tertiary/aromatic N) is 1. The van der Waals surface area contributed by atoms with Gasteiger partial charge in [0, 0.05) is 29.9 Å². The van der Waals surface area contributed by atoms with Crippen LogP contribution in [0.3, 0.4) is 0 Å². The molecule has 0 radical (unpaired) electrons. The number of methoxy groups -OCH3 is 1.